The Hall–Kier alpha value is -3.76. The van der Waals surface area contributed by atoms with Gasteiger partial charge in [-0.25, -0.2) is 8.42 Å². The molecule has 4 aromatic rings. The molecule has 0 aromatic heterocycles. The highest BCUT2D eigenvalue weighted by Gasteiger charge is 2.36. The lowest BCUT2D eigenvalue weighted by atomic mass is 10.0. The number of amides is 2. The largest absolute Gasteiger partial charge is 0.495 e. The fourth-order valence-electron chi connectivity index (χ4n) is 5.93. The molecule has 4 aromatic carbocycles. The smallest absolute Gasteiger partial charge is 0.264 e. The van der Waals surface area contributed by atoms with E-state index in [1.807, 2.05) is 37.3 Å². The molecule has 1 saturated carbocycles. The average molecular weight is 743 g/mol. The molecule has 1 aliphatic rings. The average Bonchev–Trinajstić information content (AvgIpc) is 3.60. The zero-order valence-corrected chi connectivity index (χ0v) is 30.3. The van der Waals surface area contributed by atoms with E-state index in [1.54, 1.807) is 36.4 Å². The lowest BCUT2D eigenvalue weighted by Crippen LogP contribution is -2.54. The third-order valence-corrected chi connectivity index (χ3v) is 11.4. The molecule has 0 radical (unpaired) electrons. The van der Waals surface area contributed by atoms with Crippen LogP contribution in [-0.4, -0.2) is 50.9 Å². The highest BCUT2D eigenvalue weighted by molar-refractivity contribution is 7.92. The highest BCUT2D eigenvalue weighted by atomic mass is 35.5. The van der Waals surface area contributed by atoms with E-state index in [0.717, 1.165) is 41.1 Å². The second kappa shape index (κ2) is 16.3. The number of aryl methyl sites for hydroxylation is 1. The summed E-state index contributed by atoms with van der Waals surface area (Å²) in [5.74, 6) is -0.571. The van der Waals surface area contributed by atoms with Gasteiger partial charge in [-0.3, -0.25) is 13.9 Å². The summed E-state index contributed by atoms with van der Waals surface area (Å²) < 4.78 is 34.9. The Labute approximate surface area is 303 Å². The van der Waals surface area contributed by atoms with Gasteiger partial charge in [-0.15, -0.1) is 0 Å². The van der Waals surface area contributed by atoms with Gasteiger partial charge in [-0.05, 0) is 73.4 Å². The van der Waals surface area contributed by atoms with E-state index in [2.05, 4.69) is 5.32 Å². The predicted octanol–water partition coefficient (Wildman–Crippen LogP) is 7.86. The molecule has 0 aliphatic heterocycles. The monoisotopic (exact) mass is 741 g/mol. The first-order valence-electron chi connectivity index (χ1n) is 16.0. The van der Waals surface area contributed by atoms with Crippen LogP contribution < -0.4 is 14.4 Å². The molecule has 0 bridgehead atoms. The molecule has 49 heavy (non-hydrogen) atoms. The van der Waals surface area contributed by atoms with E-state index in [4.69, 9.17) is 39.5 Å². The first kappa shape index (κ1) is 36.5. The van der Waals surface area contributed by atoms with E-state index < -0.39 is 28.5 Å². The van der Waals surface area contributed by atoms with Crippen molar-refractivity contribution in [2.75, 3.05) is 18.0 Å². The minimum atomic E-state index is -4.30. The van der Waals surface area contributed by atoms with Crippen LogP contribution in [0.15, 0.2) is 95.9 Å². The number of rotatable bonds is 13. The van der Waals surface area contributed by atoms with Gasteiger partial charge in [-0.1, -0.05) is 102 Å². The van der Waals surface area contributed by atoms with Crippen molar-refractivity contribution < 1.29 is 22.7 Å². The van der Waals surface area contributed by atoms with Crippen LogP contribution in [0.4, 0.5) is 5.69 Å². The van der Waals surface area contributed by atoms with Crippen LogP contribution in [0.3, 0.4) is 0 Å². The zero-order chi connectivity index (χ0) is 35.1. The first-order valence-corrected chi connectivity index (χ1v) is 18.5. The van der Waals surface area contributed by atoms with Crippen molar-refractivity contribution in [3.63, 3.8) is 0 Å². The quantitative estimate of drug-likeness (QED) is 0.151. The molecule has 1 aliphatic carbocycles. The minimum absolute atomic E-state index is 0.00585. The Morgan fingerprint density at radius 2 is 1.55 bits per heavy atom. The summed E-state index contributed by atoms with van der Waals surface area (Å²) in [6.07, 6.45) is 3.93. The Bertz CT molecular complexity index is 1890. The summed E-state index contributed by atoms with van der Waals surface area (Å²) in [5, 5.41) is 3.97. The Morgan fingerprint density at radius 3 is 2.18 bits per heavy atom. The van der Waals surface area contributed by atoms with Crippen LogP contribution in [0.1, 0.15) is 42.4 Å². The van der Waals surface area contributed by atoms with Gasteiger partial charge in [0, 0.05) is 19.0 Å². The molecular formula is C37H38Cl3N3O5S. The maximum Gasteiger partial charge on any atom is 0.264 e. The SMILES string of the molecule is COc1ccc(N(CC(=O)N(Cc2ccc(Cl)c(Cl)c2)[C@@H](Cc2ccccc2)C(=O)NC2CCCC2)S(=O)(=O)c2ccc(C)cc2)cc1Cl. The van der Waals surface area contributed by atoms with Crippen LogP contribution in [0.5, 0.6) is 5.75 Å². The van der Waals surface area contributed by atoms with Crippen LogP contribution in [0, 0.1) is 6.92 Å². The van der Waals surface area contributed by atoms with E-state index in [9.17, 15) is 18.0 Å². The Morgan fingerprint density at radius 1 is 0.857 bits per heavy atom. The van der Waals surface area contributed by atoms with Crippen molar-refractivity contribution in [1.82, 2.24) is 10.2 Å². The molecule has 5 rings (SSSR count). The topological polar surface area (TPSA) is 96.0 Å². The number of halogens is 3. The standard InChI is InChI=1S/C37H38Cl3N3O5S/c1-25-12-16-30(17-13-25)49(46,47)43(29-15-19-35(48-2)33(40)22-29)24-36(44)42(23-27-14-18-31(38)32(39)20-27)34(21-26-8-4-3-5-9-26)37(45)41-28-10-6-7-11-28/h3-5,8-9,12-20,22,28,34H,6-7,10-11,21,23-24H2,1-2H3,(H,41,45)/t34-/m0/s1. The third-order valence-electron chi connectivity index (χ3n) is 8.62. The molecule has 2 amide bonds. The Balaban J connectivity index is 1.59. The molecule has 1 N–H and O–H groups in total. The second-order valence-corrected chi connectivity index (χ2v) is 15.2. The molecule has 8 nitrogen and oxygen atoms in total. The van der Waals surface area contributed by atoms with Crippen LogP contribution >= 0.6 is 34.8 Å². The number of carbonyl (C=O) groups is 2. The van der Waals surface area contributed by atoms with E-state index in [-0.39, 0.29) is 45.5 Å². The lowest BCUT2D eigenvalue weighted by Gasteiger charge is -2.34. The number of nitrogens with one attached hydrogen (secondary N) is 1. The molecule has 0 spiro atoms. The third kappa shape index (κ3) is 9.08. The van der Waals surface area contributed by atoms with Gasteiger partial charge in [0.05, 0.1) is 32.8 Å². The summed E-state index contributed by atoms with van der Waals surface area (Å²) in [5.41, 5.74) is 2.49. The van der Waals surface area contributed by atoms with Gasteiger partial charge in [0.1, 0.15) is 18.3 Å². The summed E-state index contributed by atoms with van der Waals surface area (Å²) in [7, 11) is -2.84. The number of benzene rings is 4. The molecular weight excluding hydrogens is 705 g/mol. The first-order chi connectivity index (χ1) is 23.5. The van der Waals surface area contributed by atoms with Crippen molar-refractivity contribution in [3.8, 4) is 5.75 Å². The highest BCUT2D eigenvalue weighted by Crippen LogP contribution is 2.33. The summed E-state index contributed by atoms with van der Waals surface area (Å²) in [4.78, 5) is 30.3. The Kier molecular flexibility index (Phi) is 12.1. The summed E-state index contributed by atoms with van der Waals surface area (Å²) >= 11 is 19.1. The molecule has 12 heteroatoms. The maximum absolute atomic E-state index is 14.7. The van der Waals surface area contributed by atoms with Gasteiger partial charge in [0.25, 0.3) is 10.0 Å². The molecule has 258 valence electrons. The lowest BCUT2D eigenvalue weighted by molar-refractivity contribution is -0.140. The van der Waals surface area contributed by atoms with Crippen molar-refractivity contribution in [2.45, 2.75) is 62.6 Å². The molecule has 1 atom stereocenters. The number of carbonyl (C=O) groups excluding carboxylic acids is 2. The zero-order valence-electron chi connectivity index (χ0n) is 27.2. The second-order valence-electron chi connectivity index (χ2n) is 12.1. The van der Waals surface area contributed by atoms with Gasteiger partial charge < -0.3 is 15.0 Å². The molecule has 1 fully saturated rings. The van der Waals surface area contributed by atoms with Crippen LogP contribution in [0.2, 0.25) is 15.1 Å². The number of hydrogen-bond acceptors (Lipinski definition) is 5. The van der Waals surface area contributed by atoms with Crippen molar-refractivity contribution in [3.05, 3.63) is 123 Å². The number of ether oxygens (including phenoxy) is 1. The summed E-state index contributed by atoms with van der Waals surface area (Å²) in [6.45, 7) is 1.20. The van der Waals surface area contributed by atoms with Crippen molar-refractivity contribution >= 4 is 62.3 Å². The number of anilines is 1. The van der Waals surface area contributed by atoms with Crippen molar-refractivity contribution in [1.29, 1.82) is 0 Å². The van der Waals surface area contributed by atoms with Crippen LogP contribution in [-0.2, 0) is 32.6 Å². The van der Waals surface area contributed by atoms with E-state index >= 15 is 0 Å². The molecule has 0 saturated heterocycles. The van der Waals surface area contributed by atoms with Gasteiger partial charge in [0.2, 0.25) is 11.8 Å². The minimum Gasteiger partial charge on any atom is -0.495 e. The number of methoxy groups -OCH3 is 1. The number of sulfonamides is 1. The fraction of sp³-hybridized carbons (Fsp3) is 0.297. The van der Waals surface area contributed by atoms with Crippen LogP contribution in [0.25, 0.3) is 0 Å². The van der Waals surface area contributed by atoms with Gasteiger partial charge in [-0.2, -0.15) is 0 Å². The van der Waals surface area contributed by atoms with Gasteiger partial charge >= 0.3 is 0 Å². The normalized spacial score (nSPS) is 13.9. The maximum atomic E-state index is 14.7. The number of hydrogen-bond donors (Lipinski definition) is 1. The van der Waals surface area contributed by atoms with E-state index in [0.29, 0.717) is 16.3 Å². The molecule has 0 unspecified atom stereocenters. The molecule has 0 heterocycles. The fourth-order valence-corrected chi connectivity index (χ4v) is 7.91. The van der Waals surface area contributed by atoms with Gasteiger partial charge in [0.15, 0.2) is 0 Å². The summed E-state index contributed by atoms with van der Waals surface area (Å²) in [6, 6.07) is 24.3. The number of nitrogens with zero attached hydrogens (tertiary/aromatic N) is 2. The predicted molar refractivity (Wildman–Crippen MR) is 195 cm³/mol. The van der Waals surface area contributed by atoms with Crippen molar-refractivity contribution in [2.24, 2.45) is 0 Å². The van der Waals surface area contributed by atoms with E-state index in [1.165, 1.54) is 36.3 Å².